The molecule has 0 spiro atoms. The number of rotatable bonds is 3. The van der Waals surface area contributed by atoms with Crippen molar-refractivity contribution < 1.29 is 18.4 Å². The largest absolute Gasteiger partial charge is 0.326 e. The van der Waals surface area contributed by atoms with Crippen LogP contribution >= 0.6 is 0 Å². The summed E-state index contributed by atoms with van der Waals surface area (Å²) in [5, 5.41) is 5.21. The first-order valence-corrected chi connectivity index (χ1v) is 7.35. The van der Waals surface area contributed by atoms with Gasteiger partial charge in [-0.05, 0) is 30.3 Å². The summed E-state index contributed by atoms with van der Waals surface area (Å²) in [4.78, 5) is 24.2. The second-order valence-corrected chi connectivity index (χ2v) is 6.37. The van der Waals surface area contributed by atoms with Crippen LogP contribution in [0.15, 0.2) is 42.5 Å². The molecule has 0 unspecified atom stereocenters. The molecule has 2 amide bonds. The monoisotopic (exact) mass is 332 g/mol. The Balaban J connectivity index is 2.14. The minimum Gasteiger partial charge on any atom is -0.326 e. The van der Waals surface area contributed by atoms with Gasteiger partial charge in [0.05, 0.1) is 0 Å². The molecule has 126 valence electrons. The van der Waals surface area contributed by atoms with Gasteiger partial charge in [0.1, 0.15) is 0 Å². The lowest BCUT2D eigenvalue weighted by molar-refractivity contribution is -0.123. The first kappa shape index (κ1) is 17.6. The zero-order valence-corrected chi connectivity index (χ0v) is 13.6. The SMILES string of the molecule is CC(C)(C)C(=O)Nc1cccc(C(=O)Nc2ccc(F)c(F)c2)c1. The summed E-state index contributed by atoms with van der Waals surface area (Å²) in [5.41, 5.74) is 0.339. The topological polar surface area (TPSA) is 58.2 Å². The van der Waals surface area contributed by atoms with Crippen molar-refractivity contribution in [2.24, 2.45) is 5.41 Å². The summed E-state index contributed by atoms with van der Waals surface area (Å²) in [6.07, 6.45) is 0. The number of hydrogen-bond donors (Lipinski definition) is 2. The molecule has 2 N–H and O–H groups in total. The molecule has 0 aliphatic heterocycles. The molecule has 6 heteroatoms. The summed E-state index contributed by atoms with van der Waals surface area (Å²) in [6.45, 7) is 5.34. The average Bonchev–Trinajstić information content (AvgIpc) is 2.50. The zero-order valence-electron chi connectivity index (χ0n) is 13.6. The molecule has 0 aliphatic carbocycles. The van der Waals surface area contributed by atoms with Crippen molar-refractivity contribution in [2.45, 2.75) is 20.8 Å². The smallest absolute Gasteiger partial charge is 0.255 e. The highest BCUT2D eigenvalue weighted by atomic mass is 19.2. The number of anilines is 2. The van der Waals surface area contributed by atoms with E-state index in [-0.39, 0.29) is 17.2 Å². The molecular formula is C18H18F2N2O2. The van der Waals surface area contributed by atoms with Crippen molar-refractivity contribution in [3.8, 4) is 0 Å². The van der Waals surface area contributed by atoms with Crippen LogP contribution in [0.2, 0.25) is 0 Å². The van der Waals surface area contributed by atoms with Crippen LogP contribution in [-0.2, 0) is 4.79 Å². The van der Waals surface area contributed by atoms with E-state index >= 15 is 0 Å². The van der Waals surface area contributed by atoms with Crippen LogP contribution in [0, 0.1) is 17.0 Å². The van der Waals surface area contributed by atoms with Gasteiger partial charge in [0.2, 0.25) is 5.91 Å². The van der Waals surface area contributed by atoms with Crippen molar-refractivity contribution in [3.05, 3.63) is 59.7 Å². The highest BCUT2D eigenvalue weighted by Crippen LogP contribution is 2.19. The molecule has 2 aromatic rings. The van der Waals surface area contributed by atoms with E-state index in [1.807, 2.05) is 0 Å². The molecule has 0 saturated heterocycles. The van der Waals surface area contributed by atoms with Gasteiger partial charge in [-0.15, -0.1) is 0 Å². The van der Waals surface area contributed by atoms with E-state index in [1.54, 1.807) is 39.0 Å². The standard InChI is InChI=1S/C18H18F2N2O2/c1-18(2,3)17(24)22-12-6-4-5-11(9-12)16(23)21-13-7-8-14(19)15(20)10-13/h4-10H,1-3H3,(H,21,23)(H,22,24). The Kier molecular flexibility index (Phi) is 4.97. The second kappa shape index (κ2) is 6.78. The van der Waals surface area contributed by atoms with Gasteiger partial charge in [0.25, 0.3) is 5.91 Å². The van der Waals surface area contributed by atoms with Crippen LogP contribution < -0.4 is 10.6 Å². The van der Waals surface area contributed by atoms with Crippen LogP contribution in [0.1, 0.15) is 31.1 Å². The molecule has 2 rings (SSSR count). The first-order valence-electron chi connectivity index (χ1n) is 7.35. The fourth-order valence-electron chi connectivity index (χ4n) is 1.83. The maximum absolute atomic E-state index is 13.2. The van der Waals surface area contributed by atoms with Crippen LogP contribution in [-0.4, -0.2) is 11.8 Å². The Bertz CT molecular complexity index is 783. The summed E-state index contributed by atoms with van der Waals surface area (Å²) >= 11 is 0. The van der Waals surface area contributed by atoms with Gasteiger partial charge < -0.3 is 10.6 Å². The lowest BCUT2D eigenvalue weighted by Crippen LogP contribution is -2.27. The Morgan fingerprint density at radius 1 is 0.875 bits per heavy atom. The van der Waals surface area contributed by atoms with E-state index in [2.05, 4.69) is 10.6 Å². The summed E-state index contributed by atoms with van der Waals surface area (Å²) < 4.78 is 26.1. The first-order chi connectivity index (χ1) is 11.2. The molecule has 0 atom stereocenters. The van der Waals surface area contributed by atoms with Crippen LogP contribution in [0.25, 0.3) is 0 Å². The number of nitrogens with one attached hydrogen (secondary N) is 2. The number of amides is 2. The number of hydrogen-bond acceptors (Lipinski definition) is 2. The zero-order chi connectivity index (χ0) is 17.9. The van der Waals surface area contributed by atoms with Crippen LogP contribution in [0.3, 0.4) is 0 Å². The number of carbonyl (C=O) groups excluding carboxylic acids is 2. The Morgan fingerprint density at radius 2 is 1.54 bits per heavy atom. The molecular weight excluding hydrogens is 314 g/mol. The van der Waals surface area contributed by atoms with Crippen molar-refractivity contribution in [3.63, 3.8) is 0 Å². The third-order valence-electron chi connectivity index (χ3n) is 3.24. The van der Waals surface area contributed by atoms with Gasteiger partial charge in [-0.25, -0.2) is 8.78 Å². The van der Waals surface area contributed by atoms with E-state index in [0.717, 1.165) is 12.1 Å². The summed E-state index contributed by atoms with van der Waals surface area (Å²) in [7, 11) is 0. The van der Waals surface area contributed by atoms with E-state index < -0.39 is 23.0 Å². The quantitative estimate of drug-likeness (QED) is 0.885. The third-order valence-corrected chi connectivity index (χ3v) is 3.24. The highest BCUT2D eigenvalue weighted by Gasteiger charge is 2.21. The molecule has 24 heavy (non-hydrogen) atoms. The Hall–Kier alpha value is -2.76. The predicted molar refractivity (Wildman–Crippen MR) is 88.8 cm³/mol. The molecule has 0 aromatic heterocycles. The number of carbonyl (C=O) groups is 2. The van der Waals surface area contributed by atoms with Gasteiger partial charge in [-0.2, -0.15) is 0 Å². The fraction of sp³-hybridized carbons (Fsp3) is 0.222. The van der Waals surface area contributed by atoms with E-state index in [4.69, 9.17) is 0 Å². The average molecular weight is 332 g/mol. The van der Waals surface area contributed by atoms with Gasteiger partial charge in [-0.3, -0.25) is 9.59 Å². The minimum absolute atomic E-state index is 0.142. The van der Waals surface area contributed by atoms with E-state index in [9.17, 15) is 18.4 Å². The van der Waals surface area contributed by atoms with Crippen molar-refractivity contribution in [1.82, 2.24) is 0 Å². The number of benzene rings is 2. The fourth-order valence-corrected chi connectivity index (χ4v) is 1.83. The lowest BCUT2D eigenvalue weighted by atomic mass is 9.95. The molecule has 0 aliphatic rings. The number of halogens is 2. The maximum atomic E-state index is 13.2. The summed E-state index contributed by atoms with van der Waals surface area (Å²) in [6, 6.07) is 9.46. The van der Waals surface area contributed by atoms with Crippen molar-refractivity contribution in [1.29, 1.82) is 0 Å². The molecule has 2 aromatic carbocycles. The Morgan fingerprint density at radius 3 is 2.17 bits per heavy atom. The molecule has 0 saturated carbocycles. The van der Waals surface area contributed by atoms with Gasteiger partial charge in [-0.1, -0.05) is 26.8 Å². The van der Waals surface area contributed by atoms with E-state index in [0.29, 0.717) is 5.69 Å². The van der Waals surface area contributed by atoms with E-state index in [1.165, 1.54) is 12.1 Å². The third kappa shape index (κ3) is 4.38. The van der Waals surface area contributed by atoms with Gasteiger partial charge >= 0.3 is 0 Å². The summed E-state index contributed by atoms with van der Waals surface area (Å²) in [5.74, 6) is -2.70. The second-order valence-electron chi connectivity index (χ2n) is 6.37. The Labute approximate surface area is 138 Å². The molecule has 0 fully saturated rings. The van der Waals surface area contributed by atoms with Crippen molar-refractivity contribution in [2.75, 3.05) is 10.6 Å². The predicted octanol–water partition coefficient (Wildman–Crippen LogP) is 4.20. The minimum atomic E-state index is -1.04. The lowest BCUT2D eigenvalue weighted by Gasteiger charge is -2.18. The molecule has 0 radical (unpaired) electrons. The van der Waals surface area contributed by atoms with Gasteiger partial charge in [0.15, 0.2) is 11.6 Å². The normalized spacial score (nSPS) is 11.0. The highest BCUT2D eigenvalue weighted by molar-refractivity contribution is 6.05. The van der Waals surface area contributed by atoms with Crippen molar-refractivity contribution >= 4 is 23.2 Å². The van der Waals surface area contributed by atoms with Crippen LogP contribution in [0.5, 0.6) is 0 Å². The van der Waals surface area contributed by atoms with Gasteiger partial charge in [0, 0.05) is 28.4 Å². The molecule has 0 bridgehead atoms. The maximum Gasteiger partial charge on any atom is 0.255 e. The van der Waals surface area contributed by atoms with Crippen LogP contribution in [0.4, 0.5) is 20.2 Å². The molecule has 4 nitrogen and oxygen atoms in total. The molecule has 0 heterocycles.